The third kappa shape index (κ3) is 10.3. The molecule has 0 amide bonds. The highest BCUT2D eigenvalue weighted by atomic mass is 16.7. The van der Waals surface area contributed by atoms with Crippen molar-refractivity contribution >= 4 is 5.97 Å². The molecule has 0 N–H and O–H groups in total. The van der Waals surface area contributed by atoms with E-state index >= 15 is 0 Å². The third-order valence-corrected chi connectivity index (χ3v) is 8.10. The highest BCUT2D eigenvalue weighted by molar-refractivity contribution is 5.81. The quantitative estimate of drug-likeness (QED) is 0.0567. The number of benzene rings is 3. The molecule has 4 heteroatoms. The summed E-state index contributed by atoms with van der Waals surface area (Å²) in [4.78, 5) is 11.3. The van der Waals surface area contributed by atoms with E-state index in [1.54, 1.807) is 0 Å². The molecule has 0 saturated heterocycles. The number of ether oxygens (including phenoxy) is 3. The van der Waals surface area contributed by atoms with Crippen LogP contribution in [0, 0.1) is 49.4 Å². The molecule has 0 aromatic heterocycles. The molecule has 3 aromatic rings. The monoisotopic (exact) mass is 586 g/mol. The smallest absolute Gasteiger partial charge is 0.330 e. The second-order valence-corrected chi connectivity index (χ2v) is 11.4. The molecule has 0 atom stereocenters. The summed E-state index contributed by atoms with van der Waals surface area (Å²) in [5.74, 6) is 14.2. The Balaban J connectivity index is 1.27. The second-order valence-electron chi connectivity index (χ2n) is 11.4. The topological polar surface area (TPSA) is 44.8 Å². The predicted octanol–water partition coefficient (Wildman–Crippen LogP) is 8.21. The normalized spacial score (nSPS) is 15.6. The molecule has 226 valence electrons. The van der Waals surface area contributed by atoms with Gasteiger partial charge in [-0.2, -0.15) is 0 Å². The SMILES string of the molecule is C=COCOCc1ccc(C#Cc2c(C)cc(C#Cc3ccc(CCC4CCC(COC(=O)C=C)CC4)cc3)cc2C)cc1. The summed E-state index contributed by atoms with van der Waals surface area (Å²) in [5.41, 5.74) is 8.67. The Morgan fingerprint density at radius 1 is 0.795 bits per heavy atom. The molecule has 0 radical (unpaired) electrons. The van der Waals surface area contributed by atoms with Crippen molar-refractivity contribution in [2.75, 3.05) is 13.4 Å². The fourth-order valence-electron chi connectivity index (χ4n) is 5.52. The van der Waals surface area contributed by atoms with Crippen LogP contribution in [0.5, 0.6) is 0 Å². The summed E-state index contributed by atoms with van der Waals surface area (Å²) < 4.78 is 15.6. The van der Waals surface area contributed by atoms with Crippen LogP contribution in [0.2, 0.25) is 0 Å². The lowest BCUT2D eigenvalue weighted by Crippen LogP contribution is -2.20. The lowest BCUT2D eigenvalue weighted by Gasteiger charge is -2.28. The Morgan fingerprint density at radius 3 is 1.98 bits per heavy atom. The molecule has 4 nitrogen and oxygen atoms in total. The van der Waals surface area contributed by atoms with Crippen molar-refractivity contribution in [2.45, 2.75) is 59.0 Å². The summed E-state index contributed by atoms with van der Waals surface area (Å²) in [6, 6.07) is 20.9. The largest absolute Gasteiger partial charge is 0.476 e. The molecule has 3 aromatic carbocycles. The number of hydrogen-bond acceptors (Lipinski definition) is 4. The van der Waals surface area contributed by atoms with Gasteiger partial charge < -0.3 is 14.2 Å². The molecule has 0 spiro atoms. The van der Waals surface area contributed by atoms with Crippen LogP contribution in [0.3, 0.4) is 0 Å². The first-order valence-electron chi connectivity index (χ1n) is 15.4. The van der Waals surface area contributed by atoms with Crippen LogP contribution in [0.15, 0.2) is 86.2 Å². The Hall–Kier alpha value is -4.51. The molecule has 1 saturated carbocycles. The first-order valence-corrected chi connectivity index (χ1v) is 15.4. The van der Waals surface area contributed by atoms with Gasteiger partial charge >= 0.3 is 5.97 Å². The van der Waals surface area contributed by atoms with Crippen molar-refractivity contribution in [2.24, 2.45) is 11.8 Å². The number of rotatable bonds is 11. The van der Waals surface area contributed by atoms with Crippen LogP contribution in [0.1, 0.15) is 76.6 Å². The number of carbonyl (C=O) groups is 1. The summed E-state index contributed by atoms with van der Waals surface area (Å²) in [6.45, 7) is 12.3. The predicted molar refractivity (Wildman–Crippen MR) is 177 cm³/mol. The minimum Gasteiger partial charge on any atom is -0.476 e. The summed E-state index contributed by atoms with van der Waals surface area (Å²) in [6.07, 6.45) is 9.57. The maximum absolute atomic E-state index is 11.3. The van der Waals surface area contributed by atoms with E-state index in [1.807, 2.05) is 24.3 Å². The number of hydrogen-bond donors (Lipinski definition) is 0. The lowest BCUT2D eigenvalue weighted by molar-refractivity contribution is -0.139. The van der Waals surface area contributed by atoms with E-state index in [0.717, 1.165) is 64.1 Å². The molecule has 0 heterocycles. The minimum atomic E-state index is -0.318. The van der Waals surface area contributed by atoms with Crippen molar-refractivity contribution in [3.05, 3.63) is 131 Å². The average molecular weight is 587 g/mol. The van der Waals surface area contributed by atoms with Gasteiger partial charge in [-0.15, -0.1) is 0 Å². The van der Waals surface area contributed by atoms with Crippen molar-refractivity contribution in [1.82, 2.24) is 0 Å². The van der Waals surface area contributed by atoms with E-state index in [4.69, 9.17) is 14.2 Å². The Morgan fingerprint density at radius 2 is 1.36 bits per heavy atom. The van der Waals surface area contributed by atoms with Gasteiger partial charge in [0.25, 0.3) is 0 Å². The van der Waals surface area contributed by atoms with Gasteiger partial charge in [-0.1, -0.05) is 73.9 Å². The maximum Gasteiger partial charge on any atom is 0.330 e. The molecule has 4 rings (SSSR count). The van der Waals surface area contributed by atoms with Crippen LogP contribution in [0.25, 0.3) is 0 Å². The van der Waals surface area contributed by atoms with Gasteiger partial charge in [0.15, 0.2) is 6.79 Å². The first-order chi connectivity index (χ1) is 21.4. The molecule has 1 aliphatic rings. The molecular formula is C40H42O4. The van der Waals surface area contributed by atoms with Crippen LogP contribution < -0.4 is 0 Å². The summed E-state index contributed by atoms with van der Waals surface area (Å²) in [7, 11) is 0. The van der Waals surface area contributed by atoms with E-state index < -0.39 is 0 Å². The fourth-order valence-corrected chi connectivity index (χ4v) is 5.52. The van der Waals surface area contributed by atoms with Gasteiger partial charge in [0.1, 0.15) is 0 Å². The summed E-state index contributed by atoms with van der Waals surface area (Å²) in [5, 5.41) is 0. The molecule has 44 heavy (non-hydrogen) atoms. The second kappa shape index (κ2) is 17.0. The Labute approximate surface area is 263 Å². The number of carbonyl (C=O) groups excluding carboxylic acids is 1. The fraction of sp³-hybridized carbons (Fsp3) is 0.325. The van der Waals surface area contributed by atoms with Crippen molar-refractivity contribution in [3.63, 3.8) is 0 Å². The van der Waals surface area contributed by atoms with Gasteiger partial charge in [0.05, 0.1) is 19.5 Å². The number of esters is 1. The molecule has 1 aliphatic carbocycles. The van der Waals surface area contributed by atoms with Gasteiger partial charge in [-0.25, -0.2) is 4.79 Å². The highest BCUT2D eigenvalue weighted by Gasteiger charge is 2.22. The zero-order valence-corrected chi connectivity index (χ0v) is 26.0. The van der Waals surface area contributed by atoms with Crippen LogP contribution in [-0.4, -0.2) is 19.4 Å². The standard InChI is InChI=1S/C40H42O4/c1-5-40(41)44-28-37-20-15-34(16-21-37)12-9-32-7-10-33(11-8-32)17-22-38-25-30(3)39(31(4)26-38)24-23-35-13-18-36(19-14-35)27-43-29-42-6-2/h5-8,10-11,13-14,18-19,25-26,34,37H,1-2,9,12,15-16,20-21,27-29H2,3-4H3. The highest BCUT2D eigenvalue weighted by Crippen LogP contribution is 2.32. The maximum atomic E-state index is 11.3. The van der Waals surface area contributed by atoms with Gasteiger partial charge in [-0.3, -0.25) is 0 Å². The average Bonchev–Trinajstić information content (AvgIpc) is 3.05. The molecule has 0 aliphatic heterocycles. The number of aryl methyl sites for hydroxylation is 3. The zero-order chi connectivity index (χ0) is 31.1. The zero-order valence-electron chi connectivity index (χ0n) is 26.0. The third-order valence-electron chi connectivity index (χ3n) is 8.10. The van der Waals surface area contributed by atoms with Crippen LogP contribution >= 0.6 is 0 Å². The molecule has 0 bridgehead atoms. The Kier molecular flexibility index (Phi) is 12.5. The van der Waals surface area contributed by atoms with E-state index in [-0.39, 0.29) is 12.8 Å². The van der Waals surface area contributed by atoms with Gasteiger partial charge in [-0.05, 0) is 110 Å². The van der Waals surface area contributed by atoms with E-state index in [0.29, 0.717) is 19.1 Å². The van der Waals surface area contributed by atoms with E-state index in [1.165, 1.54) is 37.2 Å². The van der Waals surface area contributed by atoms with E-state index in [2.05, 4.69) is 87.1 Å². The van der Waals surface area contributed by atoms with Crippen molar-refractivity contribution < 1.29 is 19.0 Å². The Bertz CT molecular complexity index is 1510. The van der Waals surface area contributed by atoms with Crippen molar-refractivity contribution in [3.8, 4) is 23.7 Å². The van der Waals surface area contributed by atoms with Gasteiger partial charge in [0, 0.05) is 28.3 Å². The first kappa shape index (κ1) is 32.4. The van der Waals surface area contributed by atoms with Crippen LogP contribution in [-0.2, 0) is 32.0 Å². The van der Waals surface area contributed by atoms with Gasteiger partial charge in [0.2, 0.25) is 0 Å². The minimum absolute atomic E-state index is 0.193. The molecule has 1 fully saturated rings. The molecular weight excluding hydrogens is 544 g/mol. The molecule has 0 unspecified atom stereocenters. The van der Waals surface area contributed by atoms with Crippen molar-refractivity contribution in [1.29, 1.82) is 0 Å². The van der Waals surface area contributed by atoms with E-state index in [9.17, 15) is 4.79 Å². The summed E-state index contributed by atoms with van der Waals surface area (Å²) >= 11 is 0. The lowest BCUT2D eigenvalue weighted by atomic mass is 9.80. The van der Waals surface area contributed by atoms with Crippen LogP contribution in [0.4, 0.5) is 0 Å².